The minimum absolute atomic E-state index is 0.201. The third-order valence-electron chi connectivity index (χ3n) is 2.25. The van der Waals surface area contributed by atoms with Crippen molar-refractivity contribution >= 4 is 10.0 Å². The highest BCUT2D eigenvalue weighted by Gasteiger charge is 2.16. The number of nitrogens with one attached hydrogen (secondary N) is 1. The summed E-state index contributed by atoms with van der Waals surface area (Å²) in [7, 11) is -3.60. The minimum atomic E-state index is -3.60. The summed E-state index contributed by atoms with van der Waals surface area (Å²) in [4.78, 5) is 2.62. The molecule has 6 nitrogen and oxygen atoms in total. The van der Waals surface area contributed by atoms with E-state index >= 15 is 0 Å². The van der Waals surface area contributed by atoms with Crippen molar-refractivity contribution < 1.29 is 8.42 Å². The zero-order valence-electron chi connectivity index (χ0n) is 9.45. The molecule has 1 aromatic heterocycles. The molecule has 90 valence electrons. The lowest BCUT2D eigenvalue weighted by Gasteiger charge is -2.10. The molecule has 0 saturated carbocycles. The molecule has 0 aliphatic rings. The molecule has 0 aliphatic heterocycles. The molecule has 0 atom stereocenters. The summed E-state index contributed by atoms with van der Waals surface area (Å²) in [5, 5.41) is 7.56. The first-order chi connectivity index (χ1) is 8.00. The molecule has 0 radical (unpaired) electrons. The first-order valence-corrected chi connectivity index (χ1v) is 6.45. The summed E-state index contributed by atoms with van der Waals surface area (Å²) < 4.78 is 25.4. The van der Waals surface area contributed by atoms with Crippen LogP contribution >= 0.6 is 0 Å². The van der Waals surface area contributed by atoms with Gasteiger partial charge >= 0.3 is 0 Å². The molecular formula is C10H12N4O2S. The fourth-order valence-electron chi connectivity index (χ4n) is 1.37. The fourth-order valence-corrected chi connectivity index (χ4v) is 2.50. The lowest BCUT2D eigenvalue weighted by molar-refractivity contribution is 0.593. The number of hydrogen-bond donors (Lipinski definition) is 1. The quantitative estimate of drug-likeness (QED) is 0.877. The maximum absolute atomic E-state index is 12.0. The van der Waals surface area contributed by atoms with E-state index in [-0.39, 0.29) is 4.90 Å². The predicted molar refractivity (Wildman–Crippen MR) is 62.5 cm³/mol. The Kier molecular flexibility index (Phi) is 2.84. The summed E-state index contributed by atoms with van der Waals surface area (Å²) >= 11 is 0. The number of benzene rings is 1. The van der Waals surface area contributed by atoms with Crippen LogP contribution in [0.3, 0.4) is 0 Å². The van der Waals surface area contributed by atoms with Gasteiger partial charge in [0.15, 0.2) is 0 Å². The van der Waals surface area contributed by atoms with Crippen LogP contribution in [0.2, 0.25) is 0 Å². The zero-order valence-corrected chi connectivity index (χ0v) is 10.3. The van der Waals surface area contributed by atoms with Gasteiger partial charge in [0, 0.05) is 0 Å². The third-order valence-corrected chi connectivity index (χ3v) is 3.57. The van der Waals surface area contributed by atoms with E-state index in [0.717, 1.165) is 0 Å². The Bertz CT molecular complexity index is 600. The average Bonchev–Trinajstić information content (AvgIpc) is 2.62. The number of aromatic nitrogens is 3. The van der Waals surface area contributed by atoms with Crippen molar-refractivity contribution in [1.82, 2.24) is 14.9 Å². The van der Waals surface area contributed by atoms with Gasteiger partial charge < -0.3 is 0 Å². The molecular weight excluding hydrogens is 240 g/mol. The highest BCUT2D eigenvalue weighted by molar-refractivity contribution is 7.92. The van der Waals surface area contributed by atoms with Crippen molar-refractivity contribution in [1.29, 1.82) is 0 Å². The van der Waals surface area contributed by atoms with Gasteiger partial charge in [0.1, 0.15) is 11.6 Å². The second-order valence-electron chi connectivity index (χ2n) is 3.54. The Balaban J connectivity index is 2.37. The van der Waals surface area contributed by atoms with Crippen molar-refractivity contribution in [2.75, 3.05) is 4.83 Å². The van der Waals surface area contributed by atoms with Crippen LogP contribution in [0.1, 0.15) is 11.6 Å². The van der Waals surface area contributed by atoms with Gasteiger partial charge in [-0.05, 0) is 26.0 Å². The van der Waals surface area contributed by atoms with E-state index in [1.807, 2.05) is 0 Å². The Hall–Kier alpha value is -1.89. The summed E-state index contributed by atoms with van der Waals surface area (Å²) in [5.41, 5.74) is 0. The van der Waals surface area contributed by atoms with E-state index in [0.29, 0.717) is 11.6 Å². The molecule has 2 aromatic rings. The molecule has 17 heavy (non-hydrogen) atoms. The molecule has 1 N–H and O–H groups in total. The van der Waals surface area contributed by atoms with Gasteiger partial charge in [-0.2, -0.15) is 8.42 Å². The molecule has 0 spiro atoms. The first kappa shape index (κ1) is 11.6. The van der Waals surface area contributed by atoms with E-state index in [9.17, 15) is 8.42 Å². The number of aryl methyl sites for hydroxylation is 2. The number of rotatable bonds is 3. The van der Waals surface area contributed by atoms with E-state index in [4.69, 9.17) is 0 Å². The highest BCUT2D eigenvalue weighted by Crippen LogP contribution is 2.09. The van der Waals surface area contributed by atoms with Crippen molar-refractivity contribution in [3.05, 3.63) is 42.0 Å². The lowest BCUT2D eigenvalue weighted by atomic mass is 10.4. The Morgan fingerprint density at radius 3 is 2.12 bits per heavy atom. The van der Waals surface area contributed by atoms with Gasteiger partial charge in [-0.15, -0.1) is 10.2 Å². The maximum atomic E-state index is 12.0. The molecule has 1 aromatic carbocycles. The number of hydrogen-bond acceptors (Lipinski definition) is 4. The summed E-state index contributed by atoms with van der Waals surface area (Å²) in [6, 6.07) is 8.14. The molecule has 0 aliphatic carbocycles. The average molecular weight is 252 g/mol. The Morgan fingerprint density at radius 1 is 1.06 bits per heavy atom. The summed E-state index contributed by atoms with van der Waals surface area (Å²) in [5.74, 6) is 0.976. The molecule has 0 bridgehead atoms. The van der Waals surface area contributed by atoms with Gasteiger partial charge in [-0.25, -0.2) is 9.51 Å². The summed E-state index contributed by atoms with van der Waals surface area (Å²) in [6.07, 6.45) is 0. The van der Waals surface area contributed by atoms with Gasteiger partial charge in [-0.3, -0.25) is 0 Å². The van der Waals surface area contributed by atoms with E-state index in [1.165, 1.54) is 16.8 Å². The van der Waals surface area contributed by atoms with Crippen LogP contribution < -0.4 is 4.83 Å². The highest BCUT2D eigenvalue weighted by atomic mass is 32.2. The molecule has 0 unspecified atom stereocenters. The third kappa shape index (κ3) is 2.28. The first-order valence-electron chi connectivity index (χ1n) is 4.97. The van der Waals surface area contributed by atoms with Crippen LogP contribution in [-0.2, 0) is 10.0 Å². The van der Waals surface area contributed by atoms with E-state index in [2.05, 4.69) is 15.0 Å². The van der Waals surface area contributed by atoms with Gasteiger partial charge in [0.05, 0.1) is 4.90 Å². The van der Waals surface area contributed by atoms with Gasteiger partial charge in [0.25, 0.3) is 10.0 Å². The largest absolute Gasteiger partial charge is 0.275 e. The maximum Gasteiger partial charge on any atom is 0.275 e. The molecule has 0 fully saturated rings. The smallest absolute Gasteiger partial charge is 0.215 e. The van der Waals surface area contributed by atoms with E-state index in [1.54, 1.807) is 32.0 Å². The van der Waals surface area contributed by atoms with Crippen molar-refractivity contribution in [2.24, 2.45) is 0 Å². The van der Waals surface area contributed by atoms with Crippen LogP contribution in [0.15, 0.2) is 35.2 Å². The normalized spacial score (nSPS) is 11.4. The van der Waals surface area contributed by atoms with Gasteiger partial charge in [0.2, 0.25) is 0 Å². The number of sulfonamides is 1. The second-order valence-corrected chi connectivity index (χ2v) is 5.20. The van der Waals surface area contributed by atoms with Crippen LogP contribution in [-0.4, -0.2) is 23.3 Å². The fraction of sp³-hybridized carbons (Fsp3) is 0.200. The van der Waals surface area contributed by atoms with Crippen LogP contribution in [0.25, 0.3) is 0 Å². The topological polar surface area (TPSA) is 76.9 Å². The van der Waals surface area contributed by atoms with Gasteiger partial charge in [-0.1, -0.05) is 18.2 Å². The van der Waals surface area contributed by atoms with Crippen LogP contribution in [0.5, 0.6) is 0 Å². The molecule has 7 heteroatoms. The minimum Gasteiger partial charge on any atom is -0.215 e. The SMILES string of the molecule is Cc1nnc(C)n1NS(=O)(=O)c1ccccc1. The van der Waals surface area contributed by atoms with Crippen molar-refractivity contribution in [3.63, 3.8) is 0 Å². The zero-order chi connectivity index (χ0) is 12.5. The standard InChI is InChI=1S/C10H12N4O2S/c1-8-11-12-9(2)14(8)13-17(15,16)10-6-4-3-5-7-10/h3-7,13H,1-2H3. The van der Waals surface area contributed by atoms with Crippen molar-refractivity contribution in [3.8, 4) is 0 Å². The second kappa shape index (κ2) is 4.17. The van der Waals surface area contributed by atoms with Crippen LogP contribution in [0, 0.1) is 13.8 Å². The molecule has 0 saturated heterocycles. The molecule has 2 rings (SSSR count). The Morgan fingerprint density at radius 2 is 1.59 bits per heavy atom. The Labute approximate surface area is 99.3 Å². The van der Waals surface area contributed by atoms with Crippen molar-refractivity contribution in [2.45, 2.75) is 18.7 Å². The lowest BCUT2D eigenvalue weighted by Crippen LogP contribution is -2.25. The van der Waals surface area contributed by atoms with E-state index < -0.39 is 10.0 Å². The monoisotopic (exact) mass is 252 g/mol. The molecule has 0 amide bonds. The predicted octanol–water partition coefficient (Wildman–Crippen LogP) is 0.827. The van der Waals surface area contributed by atoms with Crippen LogP contribution in [0.4, 0.5) is 0 Å². The summed E-state index contributed by atoms with van der Waals surface area (Å²) in [6.45, 7) is 3.35. The number of nitrogens with zero attached hydrogens (tertiary/aromatic N) is 3. The molecule has 1 heterocycles.